The molecule has 0 aliphatic carbocycles. The van der Waals surface area contributed by atoms with Crippen LogP contribution in [-0.2, 0) is 20.8 Å². The van der Waals surface area contributed by atoms with Crippen molar-refractivity contribution in [3.8, 4) is 0 Å². The van der Waals surface area contributed by atoms with Crippen molar-refractivity contribution in [2.24, 2.45) is 0 Å². The molecule has 1 amide bonds. The molecule has 2 atom stereocenters. The molecule has 2 heterocycles. The second kappa shape index (κ2) is 7.15. The number of nitrogens with zero attached hydrogens (tertiary/aromatic N) is 1. The van der Waals surface area contributed by atoms with E-state index >= 15 is 0 Å². The molecule has 0 spiro atoms. The highest BCUT2D eigenvalue weighted by atomic mass is 16.5. The van der Waals surface area contributed by atoms with Crippen LogP contribution in [0.3, 0.4) is 0 Å². The number of carbonyl (C=O) groups excluding carboxylic acids is 1. The zero-order chi connectivity index (χ0) is 16.2. The molecular formula is C18H24N2O3. The quantitative estimate of drug-likeness (QED) is 0.890. The lowest BCUT2D eigenvalue weighted by Gasteiger charge is -2.16. The molecule has 3 rings (SSSR count). The van der Waals surface area contributed by atoms with Gasteiger partial charge in [-0.15, -0.1) is 0 Å². The van der Waals surface area contributed by atoms with E-state index in [2.05, 4.69) is 29.1 Å². The highest BCUT2D eigenvalue weighted by molar-refractivity contribution is 5.96. The van der Waals surface area contributed by atoms with Gasteiger partial charge < -0.3 is 19.4 Å². The molecule has 1 fully saturated rings. The van der Waals surface area contributed by atoms with E-state index in [-0.39, 0.29) is 12.0 Å². The maximum Gasteiger partial charge on any atom is 0.253 e. The van der Waals surface area contributed by atoms with Gasteiger partial charge >= 0.3 is 0 Å². The van der Waals surface area contributed by atoms with E-state index < -0.39 is 6.10 Å². The molecule has 5 heteroatoms. The molecule has 0 radical (unpaired) electrons. The predicted molar refractivity (Wildman–Crippen MR) is 90.6 cm³/mol. The Morgan fingerprint density at radius 1 is 1.48 bits per heavy atom. The molecule has 5 nitrogen and oxygen atoms in total. The Hall–Kier alpha value is -1.85. The first kappa shape index (κ1) is 16.0. The Morgan fingerprint density at radius 2 is 2.35 bits per heavy atom. The number of fused-ring (bicyclic) bond motifs is 1. The van der Waals surface area contributed by atoms with Crippen molar-refractivity contribution in [2.75, 3.05) is 18.5 Å². The lowest BCUT2D eigenvalue weighted by Crippen LogP contribution is -2.30. The number of hydrogen-bond donors (Lipinski definition) is 1. The van der Waals surface area contributed by atoms with Crippen molar-refractivity contribution < 1.29 is 14.3 Å². The molecule has 0 bridgehead atoms. The van der Waals surface area contributed by atoms with Crippen molar-refractivity contribution in [1.29, 1.82) is 0 Å². The van der Waals surface area contributed by atoms with Crippen LogP contribution in [-0.4, -0.2) is 35.9 Å². The number of aryl methyl sites for hydroxylation is 1. The van der Waals surface area contributed by atoms with E-state index in [1.165, 1.54) is 5.52 Å². The third-order valence-electron chi connectivity index (χ3n) is 4.30. The molecular weight excluding hydrogens is 292 g/mol. The van der Waals surface area contributed by atoms with E-state index in [0.29, 0.717) is 6.61 Å². The van der Waals surface area contributed by atoms with Gasteiger partial charge in [0.25, 0.3) is 5.91 Å². The summed E-state index contributed by atoms with van der Waals surface area (Å²) < 4.78 is 13.3. The van der Waals surface area contributed by atoms with Crippen LogP contribution in [0.4, 0.5) is 5.69 Å². The van der Waals surface area contributed by atoms with E-state index in [0.717, 1.165) is 37.1 Å². The molecule has 2 aromatic rings. The van der Waals surface area contributed by atoms with Gasteiger partial charge in [0.15, 0.2) is 0 Å². The topological polar surface area (TPSA) is 52.5 Å². The van der Waals surface area contributed by atoms with E-state index in [4.69, 9.17) is 9.47 Å². The standard InChI is InChI=1S/C18H24N2O3/c1-3-20-9-8-14-11-15(6-7-17(14)20)19-18(21)13(2)23-12-16-5-4-10-22-16/h6-9,11,13,16H,3-5,10,12H2,1-2H3,(H,19,21). The Bertz CT molecular complexity index is 674. The van der Waals surface area contributed by atoms with Gasteiger partial charge in [0.2, 0.25) is 0 Å². The number of amides is 1. The third-order valence-corrected chi connectivity index (χ3v) is 4.30. The Kier molecular flexibility index (Phi) is 4.98. The van der Waals surface area contributed by atoms with Crippen LogP contribution in [0.5, 0.6) is 0 Å². The van der Waals surface area contributed by atoms with Crippen molar-refractivity contribution in [3.05, 3.63) is 30.5 Å². The summed E-state index contributed by atoms with van der Waals surface area (Å²) in [5.74, 6) is -0.128. The van der Waals surface area contributed by atoms with Crippen molar-refractivity contribution in [3.63, 3.8) is 0 Å². The summed E-state index contributed by atoms with van der Waals surface area (Å²) in [5.41, 5.74) is 1.97. The summed E-state index contributed by atoms with van der Waals surface area (Å²) in [6.45, 7) is 6.10. The molecule has 2 unspecified atom stereocenters. The Balaban J connectivity index is 1.58. The van der Waals surface area contributed by atoms with Gasteiger partial charge in [-0.1, -0.05) is 0 Å². The molecule has 0 saturated carbocycles. The van der Waals surface area contributed by atoms with Crippen molar-refractivity contribution >= 4 is 22.5 Å². The first-order valence-electron chi connectivity index (χ1n) is 8.30. The monoisotopic (exact) mass is 316 g/mol. The first-order chi connectivity index (χ1) is 11.2. The molecule has 124 valence electrons. The van der Waals surface area contributed by atoms with Crippen molar-refractivity contribution in [2.45, 2.75) is 45.4 Å². The van der Waals surface area contributed by atoms with Crippen LogP contribution in [0.25, 0.3) is 10.9 Å². The first-order valence-corrected chi connectivity index (χ1v) is 8.30. The van der Waals surface area contributed by atoms with Gasteiger partial charge in [-0.25, -0.2) is 0 Å². The third kappa shape index (κ3) is 3.74. The molecule has 1 aromatic carbocycles. The van der Waals surface area contributed by atoms with Gasteiger partial charge in [0.1, 0.15) is 6.10 Å². The fraction of sp³-hybridized carbons (Fsp3) is 0.500. The van der Waals surface area contributed by atoms with Crippen molar-refractivity contribution in [1.82, 2.24) is 4.57 Å². The minimum atomic E-state index is -0.491. The van der Waals surface area contributed by atoms with Crippen LogP contribution in [0.15, 0.2) is 30.5 Å². The Morgan fingerprint density at radius 3 is 3.09 bits per heavy atom. The van der Waals surface area contributed by atoms with Crippen LogP contribution >= 0.6 is 0 Å². The summed E-state index contributed by atoms with van der Waals surface area (Å²) >= 11 is 0. The number of anilines is 1. The average molecular weight is 316 g/mol. The second-order valence-corrected chi connectivity index (χ2v) is 5.98. The smallest absolute Gasteiger partial charge is 0.253 e. The van der Waals surface area contributed by atoms with Crippen LogP contribution in [0.2, 0.25) is 0 Å². The molecule has 1 N–H and O–H groups in total. The number of benzene rings is 1. The summed E-state index contributed by atoms with van der Waals surface area (Å²) in [7, 11) is 0. The van der Waals surface area contributed by atoms with Crippen LogP contribution < -0.4 is 5.32 Å². The predicted octanol–water partition coefficient (Wildman–Crippen LogP) is 3.18. The number of nitrogens with one attached hydrogen (secondary N) is 1. The molecule has 23 heavy (non-hydrogen) atoms. The fourth-order valence-electron chi connectivity index (χ4n) is 2.90. The van der Waals surface area contributed by atoms with E-state index in [1.807, 2.05) is 18.2 Å². The van der Waals surface area contributed by atoms with Crippen LogP contribution in [0, 0.1) is 0 Å². The Labute approximate surface area is 136 Å². The maximum absolute atomic E-state index is 12.2. The largest absolute Gasteiger partial charge is 0.376 e. The number of hydrogen-bond acceptors (Lipinski definition) is 3. The number of ether oxygens (including phenoxy) is 2. The average Bonchev–Trinajstić information content (AvgIpc) is 3.21. The minimum absolute atomic E-state index is 0.128. The summed E-state index contributed by atoms with van der Waals surface area (Å²) in [6.07, 6.45) is 3.79. The van der Waals surface area contributed by atoms with Gasteiger partial charge in [0.05, 0.1) is 12.7 Å². The maximum atomic E-state index is 12.2. The highest BCUT2D eigenvalue weighted by Gasteiger charge is 2.20. The summed E-state index contributed by atoms with van der Waals surface area (Å²) in [5, 5.41) is 4.05. The zero-order valence-corrected chi connectivity index (χ0v) is 13.7. The summed E-state index contributed by atoms with van der Waals surface area (Å²) in [6, 6.07) is 8.02. The minimum Gasteiger partial charge on any atom is -0.376 e. The van der Waals surface area contributed by atoms with Gasteiger partial charge in [0, 0.05) is 35.9 Å². The van der Waals surface area contributed by atoms with Gasteiger partial charge in [-0.3, -0.25) is 4.79 Å². The lowest BCUT2D eigenvalue weighted by atomic mass is 10.2. The fourth-order valence-corrected chi connectivity index (χ4v) is 2.90. The lowest BCUT2D eigenvalue weighted by molar-refractivity contribution is -0.128. The van der Waals surface area contributed by atoms with Crippen LogP contribution in [0.1, 0.15) is 26.7 Å². The highest BCUT2D eigenvalue weighted by Crippen LogP contribution is 2.21. The molecule has 1 saturated heterocycles. The summed E-state index contributed by atoms with van der Waals surface area (Å²) in [4.78, 5) is 12.2. The number of aromatic nitrogens is 1. The second-order valence-electron chi connectivity index (χ2n) is 5.98. The zero-order valence-electron chi connectivity index (χ0n) is 13.7. The normalized spacial score (nSPS) is 19.1. The number of carbonyl (C=O) groups is 1. The van der Waals surface area contributed by atoms with E-state index in [9.17, 15) is 4.79 Å². The molecule has 1 aliphatic rings. The van der Waals surface area contributed by atoms with E-state index in [1.54, 1.807) is 6.92 Å². The van der Waals surface area contributed by atoms with Gasteiger partial charge in [-0.05, 0) is 51.0 Å². The molecule has 1 aliphatic heterocycles. The SMILES string of the molecule is CCn1ccc2cc(NC(=O)C(C)OCC3CCCO3)ccc21. The number of rotatable bonds is 6. The van der Waals surface area contributed by atoms with Gasteiger partial charge in [-0.2, -0.15) is 0 Å². The molecule has 1 aromatic heterocycles.